The number of nitrogens with zero attached hydrogens (tertiary/aromatic N) is 2. The van der Waals surface area contributed by atoms with Gasteiger partial charge in [-0.2, -0.15) is 0 Å². The van der Waals surface area contributed by atoms with Crippen molar-refractivity contribution < 1.29 is 9.59 Å². The molecule has 2 heterocycles. The van der Waals surface area contributed by atoms with E-state index in [0.29, 0.717) is 25.4 Å². The van der Waals surface area contributed by atoms with Crippen molar-refractivity contribution in [3.63, 3.8) is 0 Å². The van der Waals surface area contributed by atoms with E-state index in [4.69, 9.17) is 11.6 Å². The second kappa shape index (κ2) is 12.2. The first-order chi connectivity index (χ1) is 16.1. The summed E-state index contributed by atoms with van der Waals surface area (Å²) < 4.78 is 0. The minimum atomic E-state index is 0.0648. The molecule has 1 aromatic rings. The number of benzene rings is 1. The fraction of sp³-hybridized carbons (Fsp3) is 0.692. The fourth-order valence-corrected chi connectivity index (χ4v) is 5.96. The topological polar surface area (TPSA) is 64.7 Å². The molecule has 0 bridgehead atoms. The minimum Gasteiger partial charge on any atom is -0.353 e. The molecule has 1 aliphatic carbocycles. The summed E-state index contributed by atoms with van der Waals surface area (Å²) in [6, 6.07) is 8.33. The predicted octanol–water partition coefficient (Wildman–Crippen LogP) is 3.75. The smallest absolute Gasteiger partial charge is 0.234 e. The molecule has 0 spiro atoms. The first-order valence-corrected chi connectivity index (χ1v) is 13.2. The van der Waals surface area contributed by atoms with Crippen molar-refractivity contribution in [1.29, 1.82) is 0 Å². The average Bonchev–Trinajstić information content (AvgIpc) is 3.51. The maximum absolute atomic E-state index is 12.7. The summed E-state index contributed by atoms with van der Waals surface area (Å²) in [5.41, 5.74) is 1.09. The van der Waals surface area contributed by atoms with Crippen molar-refractivity contribution >= 4 is 23.4 Å². The Hall–Kier alpha value is -1.63. The van der Waals surface area contributed by atoms with Crippen LogP contribution in [0, 0.1) is 5.92 Å². The van der Waals surface area contributed by atoms with Gasteiger partial charge in [-0.25, -0.2) is 0 Å². The van der Waals surface area contributed by atoms with Crippen LogP contribution in [-0.4, -0.2) is 66.9 Å². The lowest BCUT2D eigenvalue weighted by molar-refractivity contribution is -0.124. The summed E-state index contributed by atoms with van der Waals surface area (Å²) in [4.78, 5) is 29.7. The number of hydrogen-bond acceptors (Lipinski definition) is 4. The summed E-state index contributed by atoms with van der Waals surface area (Å²) >= 11 is 6.49. The van der Waals surface area contributed by atoms with Crippen LogP contribution in [0.3, 0.4) is 0 Å². The van der Waals surface area contributed by atoms with Gasteiger partial charge in [0.15, 0.2) is 0 Å². The third-order valence-electron chi connectivity index (χ3n) is 7.61. The van der Waals surface area contributed by atoms with Gasteiger partial charge in [0.05, 0.1) is 12.6 Å². The molecule has 1 saturated carbocycles. The Labute approximate surface area is 203 Å². The number of likely N-dealkylation sites (tertiary alicyclic amines) is 2. The standard InChI is InChI=1S/C26H39ClN4O2/c27-23-10-4-3-9-22(23)24(31-13-5-6-14-31)18-28-26(33)19-30-15-11-21(12-16-30)29-25(32)17-20-7-1-2-8-20/h3-4,9-10,20-21,24H,1-2,5-8,11-19H2,(H,28,33)(H,29,32). The Bertz CT molecular complexity index is 784. The van der Waals surface area contributed by atoms with Crippen LogP contribution in [0.4, 0.5) is 0 Å². The van der Waals surface area contributed by atoms with Crippen LogP contribution in [0.25, 0.3) is 0 Å². The largest absolute Gasteiger partial charge is 0.353 e. The first-order valence-electron chi connectivity index (χ1n) is 12.9. The molecule has 2 saturated heterocycles. The molecule has 6 nitrogen and oxygen atoms in total. The third-order valence-corrected chi connectivity index (χ3v) is 7.95. The van der Waals surface area contributed by atoms with Gasteiger partial charge in [-0.15, -0.1) is 0 Å². The highest BCUT2D eigenvalue weighted by molar-refractivity contribution is 6.31. The molecule has 2 aliphatic heterocycles. The lowest BCUT2D eigenvalue weighted by Gasteiger charge is -2.32. The van der Waals surface area contributed by atoms with Crippen LogP contribution in [0.15, 0.2) is 24.3 Å². The van der Waals surface area contributed by atoms with Gasteiger partial charge in [-0.1, -0.05) is 42.6 Å². The number of carbonyl (C=O) groups excluding carboxylic acids is 2. The SMILES string of the molecule is O=C(CN1CCC(NC(=O)CC2CCCC2)CC1)NCC(c1ccccc1Cl)N1CCCC1. The summed E-state index contributed by atoms with van der Waals surface area (Å²) in [5, 5.41) is 7.16. The minimum absolute atomic E-state index is 0.0648. The second-order valence-corrected chi connectivity index (χ2v) is 10.5. The van der Waals surface area contributed by atoms with Gasteiger partial charge in [-0.3, -0.25) is 19.4 Å². The molecule has 3 aliphatic rings. The Balaban J connectivity index is 1.19. The van der Waals surface area contributed by atoms with Crippen molar-refractivity contribution in [2.24, 2.45) is 5.92 Å². The summed E-state index contributed by atoms with van der Waals surface area (Å²) in [7, 11) is 0. The van der Waals surface area contributed by atoms with E-state index in [0.717, 1.165) is 49.6 Å². The number of halogens is 1. The van der Waals surface area contributed by atoms with E-state index < -0.39 is 0 Å². The third kappa shape index (κ3) is 7.17. The zero-order chi connectivity index (χ0) is 23.0. The maximum atomic E-state index is 12.7. The fourth-order valence-electron chi connectivity index (χ4n) is 5.70. The van der Waals surface area contributed by atoms with Crippen LogP contribution in [-0.2, 0) is 9.59 Å². The Kier molecular flexibility index (Phi) is 9.04. The van der Waals surface area contributed by atoms with Crippen molar-refractivity contribution in [3.8, 4) is 0 Å². The zero-order valence-corrected chi connectivity index (χ0v) is 20.5. The van der Waals surface area contributed by atoms with Gasteiger partial charge in [0.2, 0.25) is 11.8 Å². The molecule has 0 radical (unpaired) electrons. The molecule has 1 aromatic carbocycles. The maximum Gasteiger partial charge on any atom is 0.234 e. The van der Waals surface area contributed by atoms with Gasteiger partial charge in [0.1, 0.15) is 0 Å². The van der Waals surface area contributed by atoms with Gasteiger partial charge in [-0.05, 0) is 69.2 Å². The van der Waals surface area contributed by atoms with Crippen molar-refractivity contribution in [3.05, 3.63) is 34.9 Å². The zero-order valence-electron chi connectivity index (χ0n) is 19.7. The van der Waals surface area contributed by atoms with Crippen LogP contribution in [0.2, 0.25) is 5.02 Å². The molecule has 7 heteroatoms. The van der Waals surface area contributed by atoms with E-state index in [1.165, 1.54) is 38.5 Å². The van der Waals surface area contributed by atoms with Crippen molar-refractivity contribution in [2.75, 3.05) is 39.3 Å². The van der Waals surface area contributed by atoms with E-state index in [2.05, 4.69) is 26.5 Å². The average molecular weight is 475 g/mol. The summed E-state index contributed by atoms with van der Waals surface area (Å²) in [6.07, 6.45) is 9.87. The van der Waals surface area contributed by atoms with E-state index in [1.54, 1.807) is 0 Å². The molecule has 33 heavy (non-hydrogen) atoms. The van der Waals surface area contributed by atoms with Crippen LogP contribution in [0.1, 0.15) is 69.4 Å². The highest BCUT2D eigenvalue weighted by Gasteiger charge is 2.27. The summed E-state index contributed by atoms with van der Waals surface area (Å²) in [6.45, 7) is 4.79. The van der Waals surface area contributed by atoms with Crippen molar-refractivity contribution in [1.82, 2.24) is 20.4 Å². The van der Waals surface area contributed by atoms with Crippen molar-refractivity contribution in [2.45, 2.75) is 69.9 Å². The Morgan fingerprint density at radius 3 is 2.33 bits per heavy atom. The van der Waals surface area contributed by atoms with E-state index in [9.17, 15) is 9.59 Å². The highest BCUT2D eigenvalue weighted by atomic mass is 35.5. The molecule has 3 fully saturated rings. The first kappa shape index (κ1) is 24.5. The Morgan fingerprint density at radius 2 is 1.64 bits per heavy atom. The lowest BCUT2D eigenvalue weighted by atomic mass is 10.0. The molecule has 2 amide bonds. The lowest BCUT2D eigenvalue weighted by Crippen LogP contribution is -2.48. The van der Waals surface area contributed by atoms with Gasteiger partial charge in [0.25, 0.3) is 0 Å². The molecule has 4 rings (SSSR count). The number of piperidine rings is 1. The van der Waals surface area contributed by atoms with Gasteiger partial charge < -0.3 is 10.6 Å². The molecule has 182 valence electrons. The molecule has 0 aromatic heterocycles. The molecule has 1 unspecified atom stereocenters. The molecule has 1 atom stereocenters. The van der Waals surface area contributed by atoms with E-state index in [-0.39, 0.29) is 23.9 Å². The van der Waals surface area contributed by atoms with E-state index in [1.807, 2.05) is 18.2 Å². The quantitative estimate of drug-likeness (QED) is 0.572. The molecular weight excluding hydrogens is 436 g/mol. The summed E-state index contributed by atoms with van der Waals surface area (Å²) in [5.74, 6) is 0.865. The van der Waals surface area contributed by atoms with Gasteiger partial charge in [0, 0.05) is 37.1 Å². The van der Waals surface area contributed by atoms with Gasteiger partial charge >= 0.3 is 0 Å². The second-order valence-electron chi connectivity index (χ2n) is 10.1. The number of hydrogen-bond donors (Lipinski definition) is 2. The normalized spacial score (nSPS) is 21.8. The predicted molar refractivity (Wildman–Crippen MR) is 132 cm³/mol. The van der Waals surface area contributed by atoms with Crippen LogP contribution in [0.5, 0.6) is 0 Å². The number of rotatable bonds is 9. The molecular formula is C26H39ClN4O2. The monoisotopic (exact) mass is 474 g/mol. The number of amides is 2. The number of nitrogens with one attached hydrogen (secondary N) is 2. The Morgan fingerprint density at radius 1 is 0.939 bits per heavy atom. The molecule has 2 N–H and O–H groups in total. The van der Waals surface area contributed by atoms with E-state index >= 15 is 0 Å². The number of carbonyl (C=O) groups is 2. The highest BCUT2D eigenvalue weighted by Crippen LogP contribution is 2.30. The van der Waals surface area contributed by atoms with Crippen LogP contribution >= 0.6 is 11.6 Å². The van der Waals surface area contributed by atoms with Crippen LogP contribution < -0.4 is 10.6 Å².